The number of carbonyl (C=O) groups excluding carboxylic acids is 2. The van der Waals surface area contributed by atoms with E-state index in [-0.39, 0.29) is 18.0 Å². The molecule has 2 N–H and O–H groups in total. The number of nitrogens with zero attached hydrogens (tertiary/aromatic N) is 1. The highest BCUT2D eigenvalue weighted by atomic mass is 32.1. The zero-order valence-corrected chi connectivity index (χ0v) is 12.4. The Hall–Kier alpha value is -2.54. The summed E-state index contributed by atoms with van der Waals surface area (Å²) in [5.74, 6) is 0.650. The topological polar surface area (TPSA) is 74.6 Å². The summed E-state index contributed by atoms with van der Waals surface area (Å²) in [5.41, 5.74) is 1.30. The first-order valence-electron chi connectivity index (χ1n) is 6.88. The molecule has 7 heteroatoms. The second-order valence-corrected chi connectivity index (χ2v) is 6.16. The lowest BCUT2D eigenvalue weighted by molar-refractivity contribution is -0.126. The van der Waals surface area contributed by atoms with Crippen molar-refractivity contribution in [3.63, 3.8) is 0 Å². The van der Waals surface area contributed by atoms with Crippen molar-refractivity contribution >= 4 is 23.3 Å². The Balaban J connectivity index is 1.64. The molecule has 0 fully saturated rings. The molecule has 3 amide bonds. The molecule has 2 aliphatic rings. The Morgan fingerprint density at radius 1 is 1.32 bits per heavy atom. The first kappa shape index (κ1) is 13.1. The average Bonchev–Trinajstić information content (AvgIpc) is 3.22. The minimum atomic E-state index is -0.377. The first-order valence-corrected chi connectivity index (χ1v) is 7.76. The maximum Gasteiger partial charge on any atom is 0.319 e. The Labute approximate surface area is 130 Å². The van der Waals surface area contributed by atoms with E-state index >= 15 is 0 Å². The van der Waals surface area contributed by atoms with Gasteiger partial charge in [0.25, 0.3) is 5.91 Å². The largest absolute Gasteiger partial charge is 0.467 e. The van der Waals surface area contributed by atoms with Crippen LogP contribution in [0.1, 0.15) is 16.7 Å². The smallest absolute Gasteiger partial charge is 0.319 e. The van der Waals surface area contributed by atoms with Crippen LogP contribution in [0.4, 0.5) is 4.79 Å². The Morgan fingerprint density at radius 2 is 2.23 bits per heavy atom. The van der Waals surface area contributed by atoms with Crippen LogP contribution in [0, 0.1) is 0 Å². The first-order chi connectivity index (χ1) is 10.7. The number of hydrogen-bond donors (Lipinski definition) is 2. The number of hydrogen-bond acceptors (Lipinski definition) is 4. The van der Waals surface area contributed by atoms with Gasteiger partial charge in [0.1, 0.15) is 5.76 Å². The zero-order chi connectivity index (χ0) is 15.1. The third-order valence-electron chi connectivity index (χ3n) is 3.77. The van der Waals surface area contributed by atoms with Gasteiger partial charge in [-0.15, -0.1) is 11.3 Å². The summed E-state index contributed by atoms with van der Waals surface area (Å²) in [6, 6.07) is 6.81. The molecule has 2 aliphatic heterocycles. The number of nitrogens with one attached hydrogen (secondary N) is 2. The van der Waals surface area contributed by atoms with Gasteiger partial charge in [-0.05, 0) is 23.6 Å². The summed E-state index contributed by atoms with van der Waals surface area (Å²) in [4.78, 5) is 27.2. The van der Waals surface area contributed by atoms with Gasteiger partial charge < -0.3 is 20.0 Å². The summed E-state index contributed by atoms with van der Waals surface area (Å²) in [6.07, 6.45) is 1.58. The predicted molar refractivity (Wildman–Crippen MR) is 79.9 cm³/mol. The minimum Gasteiger partial charge on any atom is -0.467 e. The summed E-state index contributed by atoms with van der Waals surface area (Å²) < 4.78 is 5.30. The van der Waals surface area contributed by atoms with Gasteiger partial charge in [-0.25, -0.2) is 4.79 Å². The van der Waals surface area contributed by atoms with Gasteiger partial charge in [0.05, 0.1) is 36.7 Å². The van der Waals surface area contributed by atoms with Crippen LogP contribution in [-0.2, 0) is 11.3 Å². The van der Waals surface area contributed by atoms with E-state index in [1.54, 1.807) is 17.2 Å². The van der Waals surface area contributed by atoms with E-state index in [2.05, 4.69) is 10.6 Å². The lowest BCUT2D eigenvalue weighted by Crippen LogP contribution is -2.44. The highest BCUT2D eigenvalue weighted by molar-refractivity contribution is 7.10. The molecule has 112 valence electrons. The van der Waals surface area contributed by atoms with Crippen LogP contribution in [0.5, 0.6) is 0 Å². The van der Waals surface area contributed by atoms with Crippen molar-refractivity contribution < 1.29 is 14.0 Å². The molecule has 1 unspecified atom stereocenters. The standard InChI is InChI=1S/C15H13N3O3S/c19-14-12-10(8-18(14)7-9-3-1-5-21-9)16-15(20)17-13(12)11-4-2-6-22-11/h1-6,13H,7-8H2,(H2,16,17,20). The summed E-state index contributed by atoms with van der Waals surface area (Å²) >= 11 is 1.52. The van der Waals surface area contributed by atoms with Crippen molar-refractivity contribution in [3.8, 4) is 0 Å². The van der Waals surface area contributed by atoms with E-state index < -0.39 is 0 Å². The monoisotopic (exact) mass is 315 g/mol. The Kier molecular flexibility index (Phi) is 3.00. The van der Waals surface area contributed by atoms with Crippen LogP contribution in [0.15, 0.2) is 51.6 Å². The molecule has 0 aliphatic carbocycles. The number of thiophene rings is 1. The van der Waals surface area contributed by atoms with Crippen LogP contribution in [0.3, 0.4) is 0 Å². The van der Waals surface area contributed by atoms with E-state index in [1.165, 1.54) is 11.3 Å². The van der Waals surface area contributed by atoms with E-state index in [9.17, 15) is 9.59 Å². The van der Waals surface area contributed by atoms with Crippen LogP contribution < -0.4 is 10.6 Å². The Bertz CT molecular complexity index is 749. The molecule has 4 rings (SSSR count). The predicted octanol–water partition coefficient (Wildman–Crippen LogP) is 1.99. The molecule has 0 aromatic carbocycles. The van der Waals surface area contributed by atoms with Gasteiger partial charge >= 0.3 is 6.03 Å². The molecule has 1 atom stereocenters. The second kappa shape index (κ2) is 5.03. The van der Waals surface area contributed by atoms with Gasteiger partial charge in [0.15, 0.2) is 0 Å². The van der Waals surface area contributed by atoms with E-state index in [4.69, 9.17) is 4.42 Å². The molecule has 4 heterocycles. The number of carbonyl (C=O) groups is 2. The minimum absolute atomic E-state index is 0.0719. The highest BCUT2D eigenvalue weighted by Crippen LogP contribution is 2.34. The quantitative estimate of drug-likeness (QED) is 0.909. The fourth-order valence-electron chi connectivity index (χ4n) is 2.82. The maximum absolute atomic E-state index is 12.7. The molecule has 0 radical (unpaired) electrons. The van der Waals surface area contributed by atoms with E-state index in [1.807, 2.05) is 23.6 Å². The molecular formula is C15H13N3O3S. The third kappa shape index (κ3) is 2.10. The normalized spacial score (nSPS) is 20.9. The molecule has 2 aromatic heterocycles. The van der Waals surface area contributed by atoms with E-state index in [0.29, 0.717) is 24.4 Å². The van der Waals surface area contributed by atoms with Crippen LogP contribution >= 0.6 is 11.3 Å². The molecular weight excluding hydrogens is 302 g/mol. The van der Waals surface area contributed by atoms with Gasteiger partial charge in [-0.3, -0.25) is 4.79 Å². The highest BCUT2D eigenvalue weighted by Gasteiger charge is 2.40. The molecule has 6 nitrogen and oxygen atoms in total. The van der Waals surface area contributed by atoms with Crippen LogP contribution in [-0.4, -0.2) is 23.4 Å². The number of amides is 3. The lowest BCUT2D eigenvalue weighted by Gasteiger charge is -2.24. The number of furan rings is 1. The molecule has 0 bridgehead atoms. The van der Waals surface area contributed by atoms with Crippen molar-refractivity contribution in [1.82, 2.24) is 15.5 Å². The van der Waals surface area contributed by atoms with Crippen molar-refractivity contribution in [2.75, 3.05) is 6.54 Å². The fourth-order valence-corrected chi connectivity index (χ4v) is 3.60. The number of urea groups is 1. The average molecular weight is 315 g/mol. The fraction of sp³-hybridized carbons (Fsp3) is 0.200. The molecule has 0 saturated carbocycles. The lowest BCUT2D eigenvalue weighted by atomic mass is 10.0. The van der Waals surface area contributed by atoms with Gasteiger partial charge in [0.2, 0.25) is 0 Å². The molecule has 2 aromatic rings. The zero-order valence-electron chi connectivity index (χ0n) is 11.5. The van der Waals surface area contributed by atoms with Crippen molar-refractivity contribution in [1.29, 1.82) is 0 Å². The van der Waals surface area contributed by atoms with Crippen LogP contribution in [0.2, 0.25) is 0 Å². The molecule has 22 heavy (non-hydrogen) atoms. The van der Waals surface area contributed by atoms with Gasteiger partial charge in [0, 0.05) is 4.88 Å². The number of rotatable bonds is 3. The summed E-state index contributed by atoms with van der Waals surface area (Å²) in [7, 11) is 0. The van der Waals surface area contributed by atoms with Gasteiger partial charge in [-0.2, -0.15) is 0 Å². The van der Waals surface area contributed by atoms with Crippen molar-refractivity contribution in [2.45, 2.75) is 12.6 Å². The van der Waals surface area contributed by atoms with Gasteiger partial charge in [-0.1, -0.05) is 6.07 Å². The van der Waals surface area contributed by atoms with Crippen molar-refractivity contribution in [2.24, 2.45) is 0 Å². The summed E-state index contributed by atoms with van der Waals surface area (Å²) in [6.45, 7) is 0.788. The van der Waals surface area contributed by atoms with Crippen molar-refractivity contribution in [3.05, 3.63) is 57.8 Å². The Morgan fingerprint density at radius 3 is 2.95 bits per heavy atom. The maximum atomic E-state index is 12.7. The summed E-state index contributed by atoms with van der Waals surface area (Å²) in [5, 5.41) is 7.52. The molecule has 0 spiro atoms. The van der Waals surface area contributed by atoms with Crippen LogP contribution in [0.25, 0.3) is 0 Å². The second-order valence-electron chi connectivity index (χ2n) is 5.18. The third-order valence-corrected chi connectivity index (χ3v) is 4.71. The SMILES string of the molecule is O=C1NC2=C(C(=O)N(Cc3ccco3)C2)C(c2cccs2)N1. The van der Waals surface area contributed by atoms with E-state index in [0.717, 1.165) is 10.6 Å². The molecule has 0 saturated heterocycles.